The first-order valence-corrected chi connectivity index (χ1v) is 5.66. The van der Waals surface area contributed by atoms with E-state index in [4.69, 9.17) is 22.6 Å². The minimum absolute atomic E-state index is 0.496. The highest BCUT2D eigenvalue weighted by Crippen LogP contribution is 2.29. The van der Waals surface area contributed by atoms with E-state index in [2.05, 4.69) is 16.5 Å². The molecule has 0 amide bonds. The summed E-state index contributed by atoms with van der Waals surface area (Å²) in [6.07, 6.45) is 0. The van der Waals surface area contributed by atoms with Crippen LogP contribution in [-0.2, 0) is 7.05 Å². The SMILES string of the molecule is Cc1nn(C)c(Nc2cc(N)ccc2Cl)c1C#N. The van der Waals surface area contributed by atoms with Gasteiger partial charge in [0.2, 0.25) is 0 Å². The zero-order valence-corrected chi connectivity index (χ0v) is 10.8. The van der Waals surface area contributed by atoms with Crippen molar-refractivity contribution in [2.24, 2.45) is 7.05 Å². The number of rotatable bonds is 2. The number of nitrogens with two attached hydrogens (primary N) is 1. The molecule has 0 saturated carbocycles. The van der Waals surface area contributed by atoms with Gasteiger partial charge in [-0.15, -0.1) is 0 Å². The third-order valence-electron chi connectivity index (χ3n) is 2.58. The predicted molar refractivity (Wildman–Crippen MR) is 71.8 cm³/mol. The van der Waals surface area contributed by atoms with Crippen molar-refractivity contribution < 1.29 is 0 Å². The van der Waals surface area contributed by atoms with Gasteiger partial charge in [0, 0.05) is 12.7 Å². The average molecular weight is 262 g/mol. The van der Waals surface area contributed by atoms with Gasteiger partial charge in [0.1, 0.15) is 17.5 Å². The van der Waals surface area contributed by atoms with Gasteiger partial charge < -0.3 is 11.1 Å². The molecule has 0 spiro atoms. The van der Waals surface area contributed by atoms with Crippen molar-refractivity contribution in [2.75, 3.05) is 11.1 Å². The lowest BCUT2D eigenvalue weighted by Crippen LogP contribution is -2.01. The zero-order valence-electron chi connectivity index (χ0n) is 10.0. The molecule has 2 aromatic rings. The van der Waals surface area contributed by atoms with Gasteiger partial charge in [-0.25, -0.2) is 0 Å². The number of nitriles is 1. The number of nitrogen functional groups attached to an aromatic ring is 1. The van der Waals surface area contributed by atoms with Crippen LogP contribution in [0.4, 0.5) is 17.2 Å². The highest BCUT2D eigenvalue weighted by molar-refractivity contribution is 6.33. The molecule has 0 aliphatic carbocycles. The van der Waals surface area contributed by atoms with Gasteiger partial charge in [0.15, 0.2) is 0 Å². The summed E-state index contributed by atoms with van der Waals surface area (Å²) >= 11 is 6.07. The average Bonchev–Trinajstić information content (AvgIpc) is 2.58. The molecule has 0 saturated heterocycles. The molecule has 0 aliphatic heterocycles. The maximum atomic E-state index is 9.11. The molecule has 18 heavy (non-hydrogen) atoms. The lowest BCUT2D eigenvalue weighted by molar-refractivity contribution is 0.765. The van der Waals surface area contributed by atoms with Crippen LogP contribution in [0.5, 0.6) is 0 Å². The van der Waals surface area contributed by atoms with Crippen molar-refractivity contribution in [2.45, 2.75) is 6.92 Å². The second kappa shape index (κ2) is 4.59. The monoisotopic (exact) mass is 261 g/mol. The summed E-state index contributed by atoms with van der Waals surface area (Å²) in [7, 11) is 1.76. The molecule has 1 aromatic carbocycles. The van der Waals surface area contributed by atoms with Crippen molar-refractivity contribution in [3.8, 4) is 6.07 Å². The van der Waals surface area contributed by atoms with Crippen LogP contribution in [0.2, 0.25) is 5.02 Å². The smallest absolute Gasteiger partial charge is 0.146 e. The summed E-state index contributed by atoms with van der Waals surface area (Å²) in [5, 5.41) is 16.9. The van der Waals surface area contributed by atoms with Crippen molar-refractivity contribution in [3.05, 3.63) is 34.5 Å². The zero-order chi connectivity index (χ0) is 13.3. The van der Waals surface area contributed by atoms with Crippen LogP contribution in [-0.4, -0.2) is 9.78 Å². The molecular formula is C12H12ClN5. The molecule has 3 N–H and O–H groups in total. The Morgan fingerprint density at radius 3 is 2.89 bits per heavy atom. The molecule has 1 aromatic heterocycles. The van der Waals surface area contributed by atoms with E-state index in [1.165, 1.54) is 0 Å². The van der Waals surface area contributed by atoms with Crippen molar-refractivity contribution in [3.63, 3.8) is 0 Å². The van der Waals surface area contributed by atoms with Crippen molar-refractivity contribution in [1.29, 1.82) is 5.26 Å². The van der Waals surface area contributed by atoms with Crippen LogP contribution in [0.25, 0.3) is 0 Å². The Morgan fingerprint density at radius 2 is 2.22 bits per heavy atom. The maximum absolute atomic E-state index is 9.11. The summed E-state index contributed by atoms with van der Waals surface area (Å²) in [5.74, 6) is 0.600. The number of aryl methyl sites for hydroxylation is 2. The van der Waals surface area contributed by atoms with Crippen LogP contribution in [0.3, 0.4) is 0 Å². The molecule has 92 valence electrons. The highest BCUT2D eigenvalue weighted by Gasteiger charge is 2.14. The quantitative estimate of drug-likeness (QED) is 0.815. The lowest BCUT2D eigenvalue weighted by atomic mass is 10.2. The van der Waals surface area contributed by atoms with Gasteiger partial charge >= 0.3 is 0 Å². The second-order valence-electron chi connectivity index (χ2n) is 3.91. The standard InChI is InChI=1S/C12H12ClN5/c1-7-9(6-14)12(18(2)17-7)16-11-5-8(15)3-4-10(11)13/h3-5,16H,15H2,1-2H3. The normalized spacial score (nSPS) is 10.1. The number of halogens is 1. The Hall–Kier alpha value is -2.19. The minimum atomic E-state index is 0.496. The first-order valence-electron chi connectivity index (χ1n) is 5.28. The van der Waals surface area contributed by atoms with Gasteiger partial charge in [-0.1, -0.05) is 11.6 Å². The molecule has 6 heteroatoms. The van der Waals surface area contributed by atoms with E-state index in [1.54, 1.807) is 36.9 Å². The highest BCUT2D eigenvalue weighted by atomic mass is 35.5. The Morgan fingerprint density at radius 1 is 1.50 bits per heavy atom. The lowest BCUT2D eigenvalue weighted by Gasteiger charge is -2.09. The Bertz CT molecular complexity index is 639. The molecule has 5 nitrogen and oxygen atoms in total. The van der Waals surface area contributed by atoms with Crippen LogP contribution >= 0.6 is 11.6 Å². The number of aromatic nitrogens is 2. The van der Waals surface area contributed by atoms with E-state index >= 15 is 0 Å². The minimum Gasteiger partial charge on any atom is -0.399 e. The predicted octanol–water partition coefficient (Wildman–Crippen LogP) is 2.58. The third-order valence-corrected chi connectivity index (χ3v) is 2.91. The Balaban J connectivity index is 2.46. The number of benzene rings is 1. The molecule has 1 heterocycles. The first kappa shape index (κ1) is 12.3. The van der Waals surface area contributed by atoms with E-state index in [1.807, 2.05) is 0 Å². The van der Waals surface area contributed by atoms with E-state index < -0.39 is 0 Å². The summed E-state index contributed by atoms with van der Waals surface area (Å²) < 4.78 is 1.60. The van der Waals surface area contributed by atoms with Gasteiger partial charge in [-0.05, 0) is 25.1 Å². The molecule has 0 atom stereocenters. The van der Waals surface area contributed by atoms with E-state index in [-0.39, 0.29) is 0 Å². The van der Waals surface area contributed by atoms with Crippen LogP contribution in [0, 0.1) is 18.3 Å². The topological polar surface area (TPSA) is 79.7 Å². The summed E-state index contributed by atoms with van der Waals surface area (Å²) in [5.41, 5.74) is 8.12. The molecule has 0 fully saturated rings. The van der Waals surface area contributed by atoms with E-state index in [9.17, 15) is 0 Å². The number of hydrogen-bond acceptors (Lipinski definition) is 4. The van der Waals surface area contributed by atoms with Gasteiger partial charge in [0.25, 0.3) is 0 Å². The molecule has 2 rings (SSSR count). The van der Waals surface area contributed by atoms with Crippen molar-refractivity contribution >= 4 is 28.8 Å². The second-order valence-corrected chi connectivity index (χ2v) is 4.32. The Labute approximate surface area is 110 Å². The van der Waals surface area contributed by atoms with E-state index in [0.717, 1.165) is 0 Å². The number of hydrogen-bond donors (Lipinski definition) is 2. The number of nitrogens with one attached hydrogen (secondary N) is 1. The maximum Gasteiger partial charge on any atom is 0.146 e. The van der Waals surface area contributed by atoms with Crippen LogP contribution in [0.15, 0.2) is 18.2 Å². The third kappa shape index (κ3) is 2.11. The first-order chi connectivity index (χ1) is 8.52. The fourth-order valence-corrected chi connectivity index (χ4v) is 1.87. The molecule has 0 bridgehead atoms. The summed E-state index contributed by atoms with van der Waals surface area (Å²) in [4.78, 5) is 0. The largest absolute Gasteiger partial charge is 0.399 e. The fourth-order valence-electron chi connectivity index (χ4n) is 1.70. The number of anilines is 3. The van der Waals surface area contributed by atoms with Crippen LogP contribution in [0.1, 0.15) is 11.3 Å². The molecular weight excluding hydrogens is 250 g/mol. The van der Waals surface area contributed by atoms with Gasteiger partial charge in [-0.3, -0.25) is 4.68 Å². The van der Waals surface area contributed by atoms with Crippen molar-refractivity contribution in [1.82, 2.24) is 9.78 Å². The molecule has 0 unspecified atom stereocenters. The van der Waals surface area contributed by atoms with Gasteiger partial charge in [0.05, 0.1) is 16.4 Å². The molecule has 0 radical (unpaired) electrons. The summed E-state index contributed by atoms with van der Waals surface area (Å²) in [6.45, 7) is 1.78. The summed E-state index contributed by atoms with van der Waals surface area (Å²) in [6, 6.07) is 7.25. The Kier molecular flexibility index (Phi) is 3.13. The fraction of sp³-hybridized carbons (Fsp3) is 0.167. The molecule has 0 aliphatic rings. The van der Waals surface area contributed by atoms with Gasteiger partial charge in [-0.2, -0.15) is 10.4 Å². The van der Waals surface area contributed by atoms with E-state index in [0.29, 0.717) is 33.5 Å². The van der Waals surface area contributed by atoms with Crippen LogP contribution < -0.4 is 11.1 Å². The number of nitrogens with zero attached hydrogens (tertiary/aromatic N) is 3.